The minimum Gasteiger partial charge on any atom is -0.467 e. The van der Waals surface area contributed by atoms with E-state index in [1.165, 1.54) is 17.3 Å². The lowest BCUT2D eigenvalue weighted by Gasteiger charge is -2.19. The van der Waals surface area contributed by atoms with Crippen LogP contribution in [0.1, 0.15) is 44.9 Å². The highest BCUT2D eigenvalue weighted by Gasteiger charge is 2.20. The topological polar surface area (TPSA) is 82.2 Å². The third kappa shape index (κ3) is 5.61. The van der Waals surface area contributed by atoms with Crippen molar-refractivity contribution in [2.75, 3.05) is 18.9 Å². The largest absolute Gasteiger partial charge is 0.467 e. The van der Waals surface area contributed by atoms with E-state index < -0.39 is 0 Å². The van der Waals surface area contributed by atoms with Gasteiger partial charge in [0.1, 0.15) is 5.76 Å². The lowest BCUT2D eigenvalue weighted by Crippen LogP contribution is -2.32. The predicted molar refractivity (Wildman–Crippen MR) is 125 cm³/mol. The Bertz CT molecular complexity index is 1020. The van der Waals surface area contributed by atoms with Gasteiger partial charge in [0.15, 0.2) is 11.0 Å². The van der Waals surface area contributed by atoms with Gasteiger partial charge in [-0.25, -0.2) is 0 Å². The Morgan fingerprint density at radius 2 is 2.03 bits per heavy atom. The third-order valence-electron chi connectivity index (χ3n) is 5.50. The van der Waals surface area contributed by atoms with Crippen molar-refractivity contribution in [1.82, 2.24) is 20.1 Å². The molecule has 1 fully saturated rings. The van der Waals surface area contributed by atoms with Gasteiger partial charge in [0.2, 0.25) is 5.91 Å². The Morgan fingerprint density at radius 3 is 2.69 bits per heavy atom. The molecule has 8 heteroatoms. The molecule has 1 aromatic carbocycles. The molecule has 3 aromatic rings. The van der Waals surface area contributed by atoms with E-state index in [0.29, 0.717) is 18.2 Å². The SMILES string of the molecule is CC(C)(C)c1ccc(-c2nnc(SCC(=O)NC[C@@H]3CCCO3)n2Cc2ccco2)cc1. The molecule has 0 aliphatic carbocycles. The molecule has 1 amide bonds. The van der Waals surface area contributed by atoms with Crippen LogP contribution in [0, 0.1) is 0 Å². The monoisotopic (exact) mass is 454 g/mol. The molecule has 1 atom stereocenters. The number of amides is 1. The summed E-state index contributed by atoms with van der Waals surface area (Å²) in [5, 5.41) is 12.5. The van der Waals surface area contributed by atoms with Gasteiger partial charge in [0.05, 0.1) is 24.7 Å². The van der Waals surface area contributed by atoms with Crippen LogP contribution in [0.2, 0.25) is 0 Å². The Balaban J connectivity index is 1.49. The Kier molecular flexibility index (Phi) is 7.01. The second-order valence-electron chi connectivity index (χ2n) is 9.03. The molecule has 0 unspecified atom stereocenters. The van der Waals surface area contributed by atoms with Crippen molar-refractivity contribution < 1.29 is 13.9 Å². The molecule has 0 spiro atoms. The number of thioether (sulfide) groups is 1. The minimum atomic E-state index is -0.0332. The van der Waals surface area contributed by atoms with Crippen LogP contribution in [0.25, 0.3) is 11.4 Å². The van der Waals surface area contributed by atoms with Crippen molar-refractivity contribution >= 4 is 17.7 Å². The number of rotatable bonds is 8. The Morgan fingerprint density at radius 1 is 1.22 bits per heavy atom. The summed E-state index contributed by atoms with van der Waals surface area (Å²) in [6.45, 7) is 8.42. The summed E-state index contributed by atoms with van der Waals surface area (Å²) < 4.78 is 13.1. The van der Waals surface area contributed by atoms with E-state index in [0.717, 1.165) is 36.6 Å². The molecule has 0 bridgehead atoms. The van der Waals surface area contributed by atoms with Gasteiger partial charge in [-0.15, -0.1) is 10.2 Å². The number of nitrogens with one attached hydrogen (secondary N) is 1. The standard InChI is InChI=1S/C24H30N4O3S/c1-24(2,3)18-10-8-17(9-11-18)22-26-27-23(28(22)15-20-7-5-13-31-20)32-16-21(29)25-14-19-6-4-12-30-19/h5,7-11,13,19H,4,6,12,14-16H2,1-3H3,(H,25,29)/t19-/m0/s1. The first-order valence-corrected chi connectivity index (χ1v) is 12.0. The van der Waals surface area contributed by atoms with Gasteiger partial charge in [-0.1, -0.05) is 56.8 Å². The van der Waals surface area contributed by atoms with Crippen molar-refractivity contribution in [3.05, 3.63) is 54.0 Å². The van der Waals surface area contributed by atoms with Crippen LogP contribution in [-0.4, -0.2) is 45.7 Å². The highest BCUT2D eigenvalue weighted by Crippen LogP contribution is 2.28. The average Bonchev–Trinajstić information content (AvgIpc) is 3.53. The Hall–Kier alpha value is -2.58. The van der Waals surface area contributed by atoms with E-state index in [1.807, 2.05) is 16.7 Å². The van der Waals surface area contributed by atoms with Gasteiger partial charge < -0.3 is 14.5 Å². The molecular formula is C24H30N4O3S. The van der Waals surface area contributed by atoms with Crippen LogP contribution >= 0.6 is 11.8 Å². The molecule has 1 aliphatic rings. The van der Waals surface area contributed by atoms with E-state index in [9.17, 15) is 4.79 Å². The van der Waals surface area contributed by atoms with Gasteiger partial charge in [-0.3, -0.25) is 9.36 Å². The first-order valence-electron chi connectivity index (χ1n) is 11.0. The number of hydrogen-bond acceptors (Lipinski definition) is 6. The predicted octanol–water partition coefficient (Wildman–Crippen LogP) is 4.27. The van der Waals surface area contributed by atoms with Crippen LogP contribution in [0.3, 0.4) is 0 Å². The minimum absolute atomic E-state index is 0.0332. The molecular weight excluding hydrogens is 424 g/mol. The van der Waals surface area contributed by atoms with Gasteiger partial charge in [-0.2, -0.15) is 0 Å². The maximum Gasteiger partial charge on any atom is 0.230 e. The molecule has 0 saturated carbocycles. The summed E-state index contributed by atoms with van der Waals surface area (Å²) in [6.07, 6.45) is 3.85. The van der Waals surface area contributed by atoms with Crippen molar-refractivity contribution in [3.8, 4) is 11.4 Å². The van der Waals surface area contributed by atoms with E-state index in [1.54, 1.807) is 6.26 Å². The van der Waals surface area contributed by atoms with Crippen molar-refractivity contribution in [1.29, 1.82) is 0 Å². The summed E-state index contributed by atoms with van der Waals surface area (Å²) >= 11 is 1.38. The van der Waals surface area contributed by atoms with E-state index in [-0.39, 0.29) is 23.2 Å². The highest BCUT2D eigenvalue weighted by atomic mass is 32.2. The van der Waals surface area contributed by atoms with Gasteiger partial charge >= 0.3 is 0 Å². The second kappa shape index (κ2) is 9.92. The fourth-order valence-corrected chi connectivity index (χ4v) is 4.41. The quantitative estimate of drug-likeness (QED) is 0.512. The summed E-state index contributed by atoms with van der Waals surface area (Å²) in [5.41, 5.74) is 2.32. The number of ether oxygens (including phenoxy) is 1. The number of benzene rings is 1. The number of furan rings is 1. The molecule has 1 N–H and O–H groups in total. The molecule has 1 saturated heterocycles. The molecule has 2 aromatic heterocycles. The van der Waals surface area contributed by atoms with Crippen LogP contribution in [-0.2, 0) is 21.5 Å². The molecule has 170 valence electrons. The molecule has 3 heterocycles. The van der Waals surface area contributed by atoms with Gasteiger partial charge in [-0.05, 0) is 36.0 Å². The number of nitrogens with zero attached hydrogens (tertiary/aromatic N) is 3. The number of aromatic nitrogens is 3. The van der Waals surface area contributed by atoms with Crippen molar-refractivity contribution in [3.63, 3.8) is 0 Å². The van der Waals surface area contributed by atoms with Crippen LogP contribution in [0.4, 0.5) is 0 Å². The van der Waals surface area contributed by atoms with Gasteiger partial charge in [0, 0.05) is 18.7 Å². The number of carbonyl (C=O) groups is 1. The van der Waals surface area contributed by atoms with Crippen LogP contribution < -0.4 is 5.32 Å². The maximum absolute atomic E-state index is 12.3. The first-order chi connectivity index (χ1) is 15.4. The molecule has 1 aliphatic heterocycles. The maximum atomic E-state index is 12.3. The lowest BCUT2D eigenvalue weighted by molar-refractivity contribution is -0.119. The molecule has 0 radical (unpaired) electrons. The smallest absolute Gasteiger partial charge is 0.230 e. The first kappa shape index (κ1) is 22.6. The third-order valence-corrected chi connectivity index (χ3v) is 6.47. The highest BCUT2D eigenvalue weighted by molar-refractivity contribution is 7.99. The van der Waals surface area contributed by atoms with E-state index >= 15 is 0 Å². The van der Waals surface area contributed by atoms with E-state index in [2.05, 4.69) is 60.6 Å². The summed E-state index contributed by atoms with van der Waals surface area (Å²) in [5.74, 6) is 1.80. The van der Waals surface area contributed by atoms with Gasteiger partial charge in [0.25, 0.3) is 0 Å². The lowest BCUT2D eigenvalue weighted by atomic mass is 9.87. The zero-order chi connectivity index (χ0) is 22.6. The van der Waals surface area contributed by atoms with Crippen LogP contribution in [0.15, 0.2) is 52.2 Å². The fraction of sp³-hybridized carbons (Fsp3) is 0.458. The number of hydrogen-bond donors (Lipinski definition) is 1. The molecule has 4 rings (SSSR count). The average molecular weight is 455 g/mol. The zero-order valence-electron chi connectivity index (χ0n) is 18.8. The van der Waals surface area contributed by atoms with Crippen LogP contribution in [0.5, 0.6) is 0 Å². The summed E-state index contributed by atoms with van der Waals surface area (Å²) in [7, 11) is 0. The summed E-state index contributed by atoms with van der Waals surface area (Å²) in [6, 6.07) is 12.2. The van der Waals surface area contributed by atoms with Crippen molar-refractivity contribution in [2.45, 2.75) is 56.8 Å². The zero-order valence-corrected chi connectivity index (χ0v) is 19.7. The fourth-order valence-electron chi connectivity index (χ4n) is 3.64. The molecule has 7 nitrogen and oxygen atoms in total. The molecule has 32 heavy (non-hydrogen) atoms. The second-order valence-corrected chi connectivity index (χ2v) is 9.97. The normalized spacial score (nSPS) is 16.4. The summed E-state index contributed by atoms with van der Waals surface area (Å²) in [4.78, 5) is 12.3. The Labute approximate surface area is 192 Å². The number of carbonyl (C=O) groups excluding carboxylic acids is 1. The van der Waals surface area contributed by atoms with Crippen molar-refractivity contribution in [2.24, 2.45) is 0 Å². The van der Waals surface area contributed by atoms with E-state index in [4.69, 9.17) is 9.15 Å².